The smallest absolute Gasteiger partial charge is 0.239 e. The molecule has 15 atom stereocenters. The molecule has 0 bridgehead atoms. The Morgan fingerprint density at radius 1 is 0.642 bits per heavy atom. The monoisotopic (exact) mass is 756 g/mol. The standard InChI is InChI=1S/C33H40O20/c1-9-19(38)23(42)26(45)31(47-9)49-12-6-15(37)18-16(7-12)50-28(11-3-4-13(35)14(36)5-11)29(22(18)41)52-33-30(25(44)21(40)17(8-34)51-33)53-32-27(46)24(43)20(39)10(2)48-32/h3-7,9-10,17,19-21,23-27,30-40,42-46H,8H2,1-2H3/t9-,10-,17+,19-,20-,21-,23+,24+,25-,26+,27+,30+,31-,32-,33-/m0/s1. The summed E-state index contributed by atoms with van der Waals surface area (Å²) >= 11 is 0. The second kappa shape index (κ2) is 15.1. The first-order valence-corrected chi connectivity index (χ1v) is 16.4. The summed E-state index contributed by atoms with van der Waals surface area (Å²) < 4.78 is 39.9. The molecule has 6 rings (SSSR count). The van der Waals surface area contributed by atoms with Gasteiger partial charge in [0.25, 0.3) is 0 Å². The molecule has 0 spiro atoms. The summed E-state index contributed by atoms with van der Waals surface area (Å²) in [6.45, 7) is 1.90. The van der Waals surface area contributed by atoms with E-state index in [-0.39, 0.29) is 16.9 Å². The Labute approximate surface area is 298 Å². The number of ether oxygens (including phenoxy) is 6. The zero-order valence-corrected chi connectivity index (χ0v) is 27.9. The molecule has 292 valence electrons. The van der Waals surface area contributed by atoms with E-state index < -0.39 is 138 Å². The van der Waals surface area contributed by atoms with Gasteiger partial charge in [-0.3, -0.25) is 4.79 Å². The van der Waals surface area contributed by atoms with E-state index in [2.05, 4.69) is 0 Å². The number of fused-ring (bicyclic) bond motifs is 1. The summed E-state index contributed by atoms with van der Waals surface area (Å²) in [7, 11) is 0. The number of hydrogen-bond acceptors (Lipinski definition) is 20. The minimum atomic E-state index is -1.97. The Morgan fingerprint density at radius 2 is 1.26 bits per heavy atom. The summed E-state index contributed by atoms with van der Waals surface area (Å²) in [6.07, 6.45) is -24.6. The third kappa shape index (κ3) is 7.22. The summed E-state index contributed by atoms with van der Waals surface area (Å²) in [6, 6.07) is 5.29. The highest BCUT2D eigenvalue weighted by atomic mass is 16.8. The molecule has 0 aliphatic carbocycles. The molecular weight excluding hydrogens is 716 g/mol. The van der Waals surface area contributed by atoms with Crippen molar-refractivity contribution in [3.05, 3.63) is 40.6 Å². The van der Waals surface area contributed by atoms with Crippen LogP contribution in [0.25, 0.3) is 22.3 Å². The van der Waals surface area contributed by atoms with Crippen LogP contribution in [0.15, 0.2) is 39.5 Å². The highest BCUT2D eigenvalue weighted by molar-refractivity contribution is 5.88. The minimum Gasteiger partial charge on any atom is -0.507 e. The summed E-state index contributed by atoms with van der Waals surface area (Å²) in [5.41, 5.74) is -1.59. The zero-order valence-electron chi connectivity index (χ0n) is 27.9. The Kier molecular flexibility index (Phi) is 11.1. The van der Waals surface area contributed by atoms with Crippen molar-refractivity contribution in [2.24, 2.45) is 0 Å². The molecule has 3 fully saturated rings. The van der Waals surface area contributed by atoms with E-state index in [1.165, 1.54) is 19.9 Å². The van der Waals surface area contributed by atoms with Crippen LogP contribution in [-0.4, -0.2) is 160 Å². The van der Waals surface area contributed by atoms with Crippen LogP contribution in [0.1, 0.15) is 13.8 Å². The highest BCUT2D eigenvalue weighted by Gasteiger charge is 2.51. The lowest BCUT2D eigenvalue weighted by Gasteiger charge is -2.45. The summed E-state index contributed by atoms with van der Waals surface area (Å²) in [5, 5.41) is 124. The van der Waals surface area contributed by atoms with Gasteiger partial charge in [-0.2, -0.15) is 0 Å². The van der Waals surface area contributed by atoms with Crippen molar-refractivity contribution in [2.75, 3.05) is 6.61 Å². The molecule has 3 aliphatic heterocycles. The first kappa shape index (κ1) is 38.8. The van der Waals surface area contributed by atoms with Gasteiger partial charge in [-0.1, -0.05) is 0 Å². The van der Waals surface area contributed by atoms with Crippen LogP contribution < -0.4 is 14.9 Å². The second-order valence-corrected chi connectivity index (χ2v) is 13.0. The molecule has 3 aromatic rings. The lowest BCUT2D eigenvalue weighted by Crippen LogP contribution is -2.64. The first-order valence-electron chi connectivity index (χ1n) is 16.4. The van der Waals surface area contributed by atoms with E-state index >= 15 is 0 Å². The fourth-order valence-corrected chi connectivity index (χ4v) is 6.23. The molecule has 3 aliphatic rings. The Balaban J connectivity index is 1.43. The predicted molar refractivity (Wildman–Crippen MR) is 172 cm³/mol. The topological polar surface area (TPSA) is 328 Å². The summed E-state index contributed by atoms with van der Waals surface area (Å²) in [5.74, 6) is -3.49. The number of benzene rings is 2. The number of phenols is 3. The van der Waals surface area contributed by atoms with Gasteiger partial charge in [0.15, 0.2) is 29.7 Å². The van der Waals surface area contributed by atoms with Crippen molar-refractivity contribution < 1.29 is 94.1 Å². The van der Waals surface area contributed by atoms with Gasteiger partial charge in [-0.15, -0.1) is 0 Å². The molecule has 0 amide bonds. The molecule has 1 aromatic heterocycles. The quantitative estimate of drug-likeness (QED) is 0.101. The molecule has 2 aromatic carbocycles. The van der Waals surface area contributed by atoms with Crippen molar-refractivity contribution in [1.29, 1.82) is 0 Å². The second-order valence-electron chi connectivity index (χ2n) is 13.0. The molecule has 0 unspecified atom stereocenters. The van der Waals surface area contributed by atoms with Gasteiger partial charge in [0.1, 0.15) is 77.4 Å². The van der Waals surface area contributed by atoms with Crippen molar-refractivity contribution in [3.8, 4) is 40.1 Å². The Morgan fingerprint density at radius 3 is 1.89 bits per heavy atom. The van der Waals surface area contributed by atoms with Gasteiger partial charge in [0.05, 0.1) is 18.8 Å². The molecule has 12 N–H and O–H groups in total. The van der Waals surface area contributed by atoms with Gasteiger partial charge < -0.3 is 94.1 Å². The predicted octanol–water partition coefficient (Wildman–Crippen LogP) is -3.19. The van der Waals surface area contributed by atoms with Crippen molar-refractivity contribution in [2.45, 2.75) is 106 Å². The number of aromatic hydroxyl groups is 3. The van der Waals surface area contributed by atoms with E-state index in [0.717, 1.165) is 24.3 Å². The maximum Gasteiger partial charge on any atom is 0.239 e. The van der Waals surface area contributed by atoms with E-state index in [0.29, 0.717) is 0 Å². The van der Waals surface area contributed by atoms with Crippen LogP contribution >= 0.6 is 0 Å². The third-order valence-corrected chi connectivity index (χ3v) is 9.36. The highest BCUT2D eigenvalue weighted by Crippen LogP contribution is 2.40. The van der Waals surface area contributed by atoms with Gasteiger partial charge in [-0.05, 0) is 32.0 Å². The van der Waals surface area contributed by atoms with Crippen LogP contribution in [-0.2, 0) is 18.9 Å². The fraction of sp³-hybridized carbons (Fsp3) is 0.545. The third-order valence-electron chi connectivity index (χ3n) is 9.36. The van der Waals surface area contributed by atoms with Gasteiger partial charge in [0.2, 0.25) is 23.8 Å². The molecule has 0 saturated carbocycles. The van der Waals surface area contributed by atoms with Crippen molar-refractivity contribution >= 4 is 11.0 Å². The maximum absolute atomic E-state index is 14.2. The van der Waals surface area contributed by atoms with Crippen molar-refractivity contribution in [3.63, 3.8) is 0 Å². The number of phenolic OH excluding ortho intramolecular Hbond substituents is 3. The molecule has 0 radical (unpaired) electrons. The van der Waals surface area contributed by atoms with Crippen LogP contribution in [0.2, 0.25) is 0 Å². The molecule has 53 heavy (non-hydrogen) atoms. The average Bonchev–Trinajstić information content (AvgIpc) is 3.12. The van der Waals surface area contributed by atoms with Gasteiger partial charge in [0, 0.05) is 17.7 Å². The maximum atomic E-state index is 14.2. The molecular formula is C33H40O20. The number of hydrogen-bond donors (Lipinski definition) is 12. The summed E-state index contributed by atoms with van der Waals surface area (Å²) in [4.78, 5) is 14.2. The van der Waals surface area contributed by atoms with E-state index in [1.807, 2.05) is 0 Å². The van der Waals surface area contributed by atoms with Gasteiger partial charge >= 0.3 is 0 Å². The van der Waals surface area contributed by atoms with Crippen molar-refractivity contribution in [1.82, 2.24) is 0 Å². The van der Waals surface area contributed by atoms with Crippen LogP contribution in [0.3, 0.4) is 0 Å². The largest absolute Gasteiger partial charge is 0.507 e. The lowest BCUT2D eigenvalue weighted by atomic mass is 9.97. The molecule has 20 nitrogen and oxygen atoms in total. The molecule has 20 heteroatoms. The minimum absolute atomic E-state index is 0.110. The lowest BCUT2D eigenvalue weighted by molar-refractivity contribution is -0.354. The van der Waals surface area contributed by atoms with Gasteiger partial charge in [-0.25, -0.2) is 0 Å². The Bertz CT molecular complexity index is 1830. The number of aliphatic hydroxyl groups excluding tert-OH is 9. The van der Waals surface area contributed by atoms with Crippen LogP contribution in [0, 0.1) is 0 Å². The van der Waals surface area contributed by atoms with Crippen LogP contribution in [0.5, 0.6) is 28.7 Å². The van der Waals surface area contributed by atoms with E-state index in [9.17, 15) is 66.1 Å². The number of aliphatic hydroxyl groups is 9. The van der Waals surface area contributed by atoms with Crippen LogP contribution in [0.4, 0.5) is 0 Å². The normalized spacial score (nSPS) is 37.8. The Hall–Kier alpha value is -3.87. The molecule has 4 heterocycles. The number of rotatable bonds is 8. The fourth-order valence-electron chi connectivity index (χ4n) is 6.23. The first-order chi connectivity index (χ1) is 25.0. The van der Waals surface area contributed by atoms with E-state index in [1.54, 1.807) is 0 Å². The zero-order chi connectivity index (χ0) is 38.6. The average molecular weight is 757 g/mol. The molecule has 3 saturated heterocycles. The van der Waals surface area contributed by atoms with E-state index in [4.69, 9.17) is 32.8 Å². The SMILES string of the molecule is C[C@@H]1O[C@@H](Oc2cc(O)c3c(=O)c(O[C@@H]4O[C@H](CO)[C@H](O)[C@H](O)[C@H]4O[C@@H]4O[C@@H](C)[C@H](O)[C@@H](O)[C@H]4O)c(-c4ccc(O)c(O)c4)oc3c2)[C@H](O)[C@H](O)[C@H]1O.